The number of hydrogen-bond donors (Lipinski definition) is 2. The van der Waals surface area contributed by atoms with Crippen molar-refractivity contribution in [2.75, 3.05) is 19.3 Å². The summed E-state index contributed by atoms with van der Waals surface area (Å²) in [6.07, 6.45) is 4.16. The van der Waals surface area contributed by atoms with Gasteiger partial charge in [-0.15, -0.1) is 0 Å². The first-order chi connectivity index (χ1) is 6.55. The Morgan fingerprint density at radius 1 is 1.64 bits per heavy atom. The topological polar surface area (TPSA) is 41.1 Å². The molecule has 1 fully saturated rings. The maximum atomic E-state index is 11.6. The van der Waals surface area contributed by atoms with E-state index in [0.29, 0.717) is 0 Å². The molecular formula is C10H20N2OS. The summed E-state index contributed by atoms with van der Waals surface area (Å²) >= 11 is 1.78. The van der Waals surface area contributed by atoms with Crippen molar-refractivity contribution in [3.8, 4) is 0 Å². The van der Waals surface area contributed by atoms with Gasteiger partial charge >= 0.3 is 0 Å². The van der Waals surface area contributed by atoms with E-state index in [2.05, 4.69) is 30.7 Å². The van der Waals surface area contributed by atoms with Crippen LogP contribution in [0.25, 0.3) is 0 Å². The van der Waals surface area contributed by atoms with Crippen molar-refractivity contribution in [1.82, 2.24) is 10.6 Å². The Labute approximate surface area is 90.4 Å². The lowest BCUT2D eigenvalue weighted by molar-refractivity contribution is -0.122. The van der Waals surface area contributed by atoms with E-state index in [4.69, 9.17) is 0 Å². The molecule has 1 atom stereocenters. The zero-order valence-electron chi connectivity index (χ0n) is 9.22. The minimum absolute atomic E-state index is 0.0488. The second kappa shape index (κ2) is 5.03. The van der Waals surface area contributed by atoms with Crippen LogP contribution in [0, 0.1) is 0 Å². The fourth-order valence-electron chi connectivity index (χ4n) is 1.40. The van der Waals surface area contributed by atoms with Crippen molar-refractivity contribution in [2.45, 2.75) is 37.5 Å². The summed E-state index contributed by atoms with van der Waals surface area (Å²) in [7, 11) is 0. The van der Waals surface area contributed by atoms with Crippen molar-refractivity contribution in [1.29, 1.82) is 0 Å². The maximum absolute atomic E-state index is 11.6. The number of rotatable bonds is 4. The summed E-state index contributed by atoms with van der Waals surface area (Å²) in [6, 6.07) is 0.0488. The Bertz CT molecular complexity index is 200. The van der Waals surface area contributed by atoms with Gasteiger partial charge in [-0.05, 0) is 39.5 Å². The van der Waals surface area contributed by atoms with Gasteiger partial charge in [-0.2, -0.15) is 11.8 Å². The third kappa shape index (κ3) is 3.50. The average molecular weight is 216 g/mol. The highest BCUT2D eigenvalue weighted by Crippen LogP contribution is 2.19. The number of hydrogen-bond acceptors (Lipinski definition) is 3. The second-order valence-corrected chi connectivity index (χ2v) is 5.84. The summed E-state index contributed by atoms with van der Waals surface area (Å²) in [5.41, 5.74) is 0. The summed E-state index contributed by atoms with van der Waals surface area (Å²) in [6.45, 7) is 6.00. The van der Waals surface area contributed by atoms with Crippen LogP contribution in [0.4, 0.5) is 0 Å². The van der Waals surface area contributed by atoms with Crippen molar-refractivity contribution in [2.24, 2.45) is 0 Å². The zero-order chi connectivity index (χ0) is 10.6. The predicted octanol–water partition coefficient (Wildman–Crippen LogP) is 0.996. The van der Waals surface area contributed by atoms with Crippen LogP contribution in [0.5, 0.6) is 0 Å². The van der Waals surface area contributed by atoms with Crippen LogP contribution < -0.4 is 10.6 Å². The quantitative estimate of drug-likeness (QED) is 0.736. The second-order valence-electron chi connectivity index (χ2n) is 4.33. The van der Waals surface area contributed by atoms with E-state index in [1.54, 1.807) is 11.8 Å². The fourth-order valence-corrected chi connectivity index (χ4v) is 1.62. The molecule has 0 radical (unpaired) electrons. The van der Waals surface area contributed by atoms with Crippen molar-refractivity contribution >= 4 is 17.7 Å². The summed E-state index contributed by atoms with van der Waals surface area (Å²) in [5.74, 6) is 0.157. The van der Waals surface area contributed by atoms with Gasteiger partial charge in [0.25, 0.3) is 0 Å². The molecule has 82 valence electrons. The number of carbonyl (C=O) groups excluding carboxylic acids is 1. The maximum Gasteiger partial charge on any atom is 0.237 e. The van der Waals surface area contributed by atoms with E-state index in [0.717, 1.165) is 25.9 Å². The van der Waals surface area contributed by atoms with Gasteiger partial charge in [0, 0.05) is 11.3 Å². The highest BCUT2D eigenvalue weighted by atomic mass is 32.2. The van der Waals surface area contributed by atoms with Gasteiger partial charge in [0.2, 0.25) is 5.91 Å². The first-order valence-electron chi connectivity index (χ1n) is 5.11. The van der Waals surface area contributed by atoms with E-state index in [9.17, 15) is 4.79 Å². The van der Waals surface area contributed by atoms with E-state index in [1.165, 1.54) is 0 Å². The molecule has 0 aliphatic carbocycles. The lowest BCUT2D eigenvalue weighted by Crippen LogP contribution is -2.44. The molecule has 1 saturated heterocycles. The van der Waals surface area contributed by atoms with E-state index < -0.39 is 0 Å². The van der Waals surface area contributed by atoms with E-state index in [-0.39, 0.29) is 16.7 Å². The van der Waals surface area contributed by atoms with Gasteiger partial charge < -0.3 is 10.6 Å². The molecule has 1 heterocycles. The van der Waals surface area contributed by atoms with Crippen molar-refractivity contribution in [3.63, 3.8) is 0 Å². The molecule has 0 saturated carbocycles. The first kappa shape index (κ1) is 11.9. The molecule has 0 spiro atoms. The Hall–Kier alpha value is -0.220. The molecule has 1 amide bonds. The molecule has 14 heavy (non-hydrogen) atoms. The molecule has 3 nitrogen and oxygen atoms in total. The minimum atomic E-state index is 0.0488. The van der Waals surface area contributed by atoms with Gasteiger partial charge in [0.05, 0.1) is 6.04 Å². The van der Waals surface area contributed by atoms with Gasteiger partial charge in [-0.1, -0.05) is 0 Å². The Morgan fingerprint density at radius 2 is 2.36 bits per heavy atom. The molecule has 2 N–H and O–H groups in total. The lowest BCUT2D eigenvalue weighted by atomic mass is 10.2. The van der Waals surface area contributed by atoms with E-state index in [1.807, 2.05) is 0 Å². The van der Waals surface area contributed by atoms with Crippen LogP contribution >= 0.6 is 11.8 Å². The highest BCUT2D eigenvalue weighted by Gasteiger charge is 2.24. The fraction of sp³-hybridized carbons (Fsp3) is 0.900. The molecule has 4 heteroatoms. The molecule has 0 unspecified atom stereocenters. The van der Waals surface area contributed by atoms with Gasteiger partial charge in [-0.25, -0.2) is 0 Å². The number of nitrogens with one attached hydrogen (secondary N) is 2. The number of amides is 1. The predicted molar refractivity (Wildman–Crippen MR) is 61.6 cm³/mol. The van der Waals surface area contributed by atoms with Crippen LogP contribution in [0.15, 0.2) is 0 Å². The van der Waals surface area contributed by atoms with Crippen LogP contribution in [0.3, 0.4) is 0 Å². The zero-order valence-corrected chi connectivity index (χ0v) is 10.0. The molecule has 0 aromatic carbocycles. The van der Waals surface area contributed by atoms with Crippen molar-refractivity contribution < 1.29 is 4.79 Å². The molecule has 1 aliphatic heterocycles. The Morgan fingerprint density at radius 3 is 2.86 bits per heavy atom. The summed E-state index contributed by atoms with van der Waals surface area (Å²) in [4.78, 5) is 11.6. The van der Waals surface area contributed by atoms with Gasteiger partial charge in [0.15, 0.2) is 0 Å². The first-order valence-corrected chi connectivity index (χ1v) is 6.34. The number of thioether (sulfide) groups is 1. The summed E-state index contributed by atoms with van der Waals surface area (Å²) < 4.78 is 0.133. The molecule has 0 aromatic rings. The van der Waals surface area contributed by atoms with Crippen LogP contribution in [0.2, 0.25) is 0 Å². The molecule has 1 rings (SSSR count). The smallest absolute Gasteiger partial charge is 0.237 e. The van der Waals surface area contributed by atoms with Crippen LogP contribution in [-0.4, -0.2) is 36.0 Å². The SMILES string of the molecule is CSC(C)(C)CNC(=O)[C@H]1CCCN1. The lowest BCUT2D eigenvalue weighted by Gasteiger charge is -2.23. The molecule has 1 aliphatic rings. The third-order valence-corrected chi connectivity index (χ3v) is 3.87. The van der Waals surface area contributed by atoms with Gasteiger partial charge in [-0.3, -0.25) is 4.79 Å². The Kier molecular flexibility index (Phi) is 4.26. The number of carbonyl (C=O) groups is 1. The highest BCUT2D eigenvalue weighted by molar-refractivity contribution is 7.99. The third-order valence-electron chi connectivity index (χ3n) is 2.62. The Balaban J connectivity index is 2.27. The monoisotopic (exact) mass is 216 g/mol. The van der Waals surface area contributed by atoms with Crippen LogP contribution in [0.1, 0.15) is 26.7 Å². The average Bonchev–Trinajstić information content (AvgIpc) is 2.67. The summed E-state index contributed by atoms with van der Waals surface area (Å²) in [5, 5.41) is 6.19. The molecule has 0 aromatic heterocycles. The molecular weight excluding hydrogens is 196 g/mol. The van der Waals surface area contributed by atoms with Crippen LogP contribution in [-0.2, 0) is 4.79 Å². The standard InChI is InChI=1S/C10H20N2OS/c1-10(2,14-3)7-12-9(13)8-5-4-6-11-8/h8,11H,4-7H2,1-3H3,(H,12,13)/t8-/m1/s1. The van der Waals surface area contributed by atoms with E-state index >= 15 is 0 Å². The normalized spacial score (nSPS) is 22.4. The van der Waals surface area contributed by atoms with Crippen molar-refractivity contribution in [3.05, 3.63) is 0 Å². The largest absolute Gasteiger partial charge is 0.353 e. The minimum Gasteiger partial charge on any atom is -0.353 e. The van der Waals surface area contributed by atoms with Gasteiger partial charge in [0.1, 0.15) is 0 Å². The molecule has 0 bridgehead atoms.